The first-order valence-electron chi connectivity index (χ1n) is 6.89. The number of aliphatic hydroxyl groups is 2. The molecule has 2 aromatic carbocycles. The molecule has 3 atom stereocenters. The van der Waals surface area contributed by atoms with Gasteiger partial charge in [0.05, 0.1) is 0 Å². The second kappa shape index (κ2) is 7.74. The van der Waals surface area contributed by atoms with Gasteiger partial charge in [0.25, 0.3) is 0 Å². The van der Waals surface area contributed by atoms with Gasteiger partial charge < -0.3 is 14.9 Å². The smallest absolute Gasteiger partial charge is 0.114 e. The van der Waals surface area contributed by atoms with E-state index in [1.54, 1.807) is 18.2 Å². The molecule has 0 aliphatic rings. The molecule has 0 aliphatic heterocycles. The Bertz CT molecular complexity index is 551. The van der Waals surface area contributed by atoms with Crippen LogP contribution in [0.25, 0.3) is 6.08 Å². The summed E-state index contributed by atoms with van der Waals surface area (Å²) < 4.78 is 5.28. The van der Waals surface area contributed by atoms with E-state index in [1.165, 1.54) is 7.11 Å². The number of rotatable bonds is 6. The van der Waals surface area contributed by atoms with E-state index in [-0.39, 0.29) is 0 Å². The van der Waals surface area contributed by atoms with Crippen LogP contribution in [0.4, 0.5) is 0 Å². The number of aliphatic hydroxyl groups excluding tert-OH is 2. The van der Waals surface area contributed by atoms with Crippen molar-refractivity contribution in [2.75, 3.05) is 7.11 Å². The molecule has 3 heteroatoms. The number of hydrogen-bond donors (Lipinski definition) is 2. The summed E-state index contributed by atoms with van der Waals surface area (Å²) in [6.07, 6.45) is 1.02. The van der Waals surface area contributed by atoms with Gasteiger partial charge >= 0.3 is 0 Å². The number of ether oxygens (including phenoxy) is 1. The Kier molecular flexibility index (Phi) is 5.69. The third-order valence-electron chi connectivity index (χ3n) is 3.35. The van der Waals surface area contributed by atoms with Crippen molar-refractivity contribution in [3.8, 4) is 0 Å². The van der Waals surface area contributed by atoms with Crippen LogP contribution in [0, 0.1) is 0 Å². The Labute approximate surface area is 125 Å². The zero-order valence-corrected chi connectivity index (χ0v) is 12.0. The normalized spacial score (nSPS) is 15.8. The van der Waals surface area contributed by atoms with Crippen LogP contribution in [0.3, 0.4) is 0 Å². The van der Waals surface area contributed by atoms with Crippen molar-refractivity contribution in [3.63, 3.8) is 0 Å². The molecule has 0 radical (unpaired) electrons. The molecule has 1 unspecified atom stereocenters. The van der Waals surface area contributed by atoms with Gasteiger partial charge in [0.2, 0.25) is 0 Å². The second-order valence-corrected chi connectivity index (χ2v) is 4.82. The highest BCUT2D eigenvalue weighted by molar-refractivity contribution is 5.49. The third kappa shape index (κ3) is 4.26. The van der Waals surface area contributed by atoms with E-state index in [1.807, 2.05) is 54.6 Å². The standard InChI is InChI=1S/C18H20O3/c1-21-16(13-12-14-8-4-2-5-9-14)18(20)17(19)15-10-6-3-7-11-15/h2-13,16-20H,1H3/b13-12+/t16-,17?,18+/m0/s1. The van der Waals surface area contributed by atoms with Gasteiger partial charge in [-0.2, -0.15) is 0 Å². The minimum absolute atomic E-state index is 0.583. The first kappa shape index (κ1) is 15.4. The highest BCUT2D eigenvalue weighted by Crippen LogP contribution is 2.21. The van der Waals surface area contributed by atoms with Crippen molar-refractivity contribution in [1.82, 2.24) is 0 Å². The van der Waals surface area contributed by atoms with Gasteiger partial charge in [0.15, 0.2) is 0 Å². The molecule has 0 heterocycles. The third-order valence-corrected chi connectivity index (χ3v) is 3.35. The molecule has 0 fully saturated rings. The fourth-order valence-electron chi connectivity index (χ4n) is 2.13. The second-order valence-electron chi connectivity index (χ2n) is 4.82. The maximum Gasteiger partial charge on any atom is 0.114 e. The van der Waals surface area contributed by atoms with Gasteiger partial charge in [0, 0.05) is 7.11 Å². The van der Waals surface area contributed by atoms with E-state index in [4.69, 9.17) is 4.74 Å². The Morgan fingerprint density at radius 1 is 0.905 bits per heavy atom. The highest BCUT2D eigenvalue weighted by Gasteiger charge is 2.25. The van der Waals surface area contributed by atoms with Gasteiger partial charge in [-0.3, -0.25) is 0 Å². The van der Waals surface area contributed by atoms with Crippen LogP contribution in [0.5, 0.6) is 0 Å². The molecule has 21 heavy (non-hydrogen) atoms. The van der Waals surface area contributed by atoms with Gasteiger partial charge in [-0.15, -0.1) is 0 Å². The molecule has 0 aromatic heterocycles. The molecule has 0 saturated heterocycles. The Morgan fingerprint density at radius 2 is 1.48 bits per heavy atom. The lowest BCUT2D eigenvalue weighted by molar-refractivity contribution is -0.0573. The molecular weight excluding hydrogens is 264 g/mol. The molecule has 110 valence electrons. The van der Waals surface area contributed by atoms with E-state index in [2.05, 4.69) is 0 Å². The molecule has 2 rings (SSSR count). The maximum absolute atomic E-state index is 10.3. The Morgan fingerprint density at radius 3 is 2.05 bits per heavy atom. The average Bonchev–Trinajstić information content (AvgIpc) is 2.56. The topological polar surface area (TPSA) is 49.7 Å². The number of hydrogen-bond acceptors (Lipinski definition) is 3. The summed E-state index contributed by atoms with van der Waals surface area (Å²) in [5.41, 5.74) is 1.68. The van der Waals surface area contributed by atoms with Crippen molar-refractivity contribution in [2.24, 2.45) is 0 Å². The van der Waals surface area contributed by atoms with Gasteiger partial charge in [-0.25, -0.2) is 0 Å². The van der Waals surface area contributed by atoms with Crippen molar-refractivity contribution < 1.29 is 14.9 Å². The monoisotopic (exact) mass is 284 g/mol. The van der Waals surface area contributed by atoms with Crippen molar-refractivity contribution in [2.45, 2.75) is 18.3 Å². The van der Waals surface area contributed by atoms with E-state index in [0.717, 1.165) is 5.56 Å². The quantitative estimate of drug-likeness (QED) is 0.857. The molecule has 0 bridgehead atoms. The fraction of sp³-hybridized carbons (Fsp3) is 0.222. The van der Waals surface area contributed by atoms with E-state index < -0.39 is 18.3 Å². The average molecular weight is 284 g/mol. The molecule has 0 aliphatic carbocycles. The van der Waals surface area contributed by atoms with Crippen molar-refractivity contribution in [1.29, 1.82) is 0 Å². The molecule has 0 saturated carbocycles. The van der Waals surface area contributed by atoms with Crippen LogP contribution in [0.2, 0.25) is 0 Å². The fourth-order valence-corrected chi connectivity index (χ4v) is 2.13. The van der Waals surface area contributed by atoms with E-state index in [9.17, 15) is 10.2 Å². The lowest BCUT2D eigenvalue weighted by Crippen LogP contribution is -2.32. The summed E-state index contributed by atoms with van der Waals surface area (Å²) in [4.78, 5) is 0. The molecule has 0 amide bonds. The first-order chi connectivity index (χ1) is 10.2. The lowest BCUT2D eigenvalue weighted by Gasteiger charge is -2.23. The molecular formula is C18H20O3. The summed E-state index contributed by atoms with van der Waals surface area (Å²) >= 11 is 0. The predicted molar refractivity (Wildman–Crippen MR) is 83.7 cm³/mol. The predicted octanol–water partition coefficient (Wildman–Crippen LogP) is 2.81. The summed E-state index contributed by atoms with van der Waals surface area (Å²) in [5.74, 6) is 0. The Balaban J connectivity index is 2.08. The SMILES string of the molecule is CO[C@@H](/C=C/c1ccccc1)[C@@H](O)C(O)c1ccccc1. The number of methoxy groups -OCH3 is 1. The zero-order chi connectivity index (χ0) is 15.1. The highest BCUT2D eigenvalue weighted by atomic mass is 16.5. The summed E-state index contributed by atoms with van der Waals surface area (Å²) in [5, 5.41) is 20.5. The van der Waals surface area contributed by atoms with Crippen LogP contribution in [0.15, 0.2) is 66.7 Å². The summed E-state index contributed by atoms with van der Waals surface area (Å²) in [6, 6.07) is 18.8. The van der Waals surface area contributed by atoms with E-state index in [0.29, 0.717) is 5.56 Å². The molecule has 3 nitrogen and oxygen atoms in total. The van der Waals surface area contributed by atoms with Crippen LogP contribution in [-0.2, 0) is 4.74 Å². The van der Waals surface area contributed by atoms with Crippen LogP contribution in [-0.4, -0.2) is 29.5 Å². The van der Waals surface area contributed by atoms with Gasteiger partial charge in [-0.1, -0.05) is 72.8 Å². The summed E-state index contributed by atoms with van der Waals surface area (Å²) in [7, 11) is 1.51. The molecule has 0 spiro atoms. The first-order valence-corrected chi connectivity index (χ1v) is 6.89. The van der Waals surface area contributed by atoms with Crippen molar-refractivity contribution in [3.05, 3.63) is 77.9 Å². The molecule has 2 N–H and O–H groups in total. The minimum Gasteiger partial charge on any atom is -0.387 e. The van der Waals surface area contributed by atoms with Gasteiger partial charge in [0.1, 0.15) is 18.3 Å². The zero-order valence-electron chi connectivity index (χ0n) is 12.0. The van der Waals surface area contributed by atoms with Crippen LogP contribution in [0.1, 0.15) is 17.2 Å². The minimum atomic E-state index is -1.03. The van der Waals surface area contributed by atoms with E-state index >= 15 is 0 Å². The summed E-state index contributed by atoms with van der Waals surface area (Å²) in [6.45, 7) is 0. The maximum atomic E-state index is 10.3. The van der Waals surface area contributed by atoms with Crippen molar-refractivity contribution >= 4 is 6.08 Å². The van der Waals surface area contributed by atoms with Crippen LogP contribution < -0.4 is 0 Å². The lowest BCUT2D eigenvalue weighted by atomic mass is 9.99. The number of benzene rings is 2. The Hall–Kier alpha value is -1.94. The van der Waals surface area contributed by atoms with Crippen LogP contribution >= 0.6 is 0 Å². The molecule has 2 aromatic rings. The van der Waals surface area contributed by atoms with Gasteiger partial charge in [-0.05, 0) is 11.1 Å². The largest absolute Gasteiger partial charge is 0.387 e.